The molecule has 4 nitrogen and oxygen atoms in total. The number of carbonyl (C=O) groups is 1. The maximum absolute atomic E-state index is 13.2. The minimum absolute atomic E-state index is 0.207. The Labute approximate surface area is 150 Å². The van der Waals surface area contributed by atoms with Gasteiger partial charge in [-0.3, -0.25) is 10.1 Å². The van der Waals surface area contributed by atoms with E-state index in [1.807, 2.05) is 71.9 Å². The predicted molar refractivity (Wildman–Crippen MR) is 99.4 cm³/mol. The van der Waals surface area contributed by atoms with Gasteiger partial charge >= 0.3 is 0 Å². The van der Waals surface area contributed by atoms with Gasteiger partial charge in [0.2, 0.25) is 0 Å². The number of carbonyl (C=O) groups excluding carboxylic acids is 1. The Morgan fingerprint density at radius 2 is 1.72 bits per heavy atom. The highest BCUT2D eigenvalue weighted by Gasteiger charge is 2.53. The second-order valence-electron chi connectivity index (χ2n) is 8.55. The molecule has 0 heterocycles. The minimum atomic E-state index is -1.44. The molecule has 136 valence electrons. The lowest BCUT2D eigenvalue weighted by Crippen LogP contribution is -2.53. The van der Waals surface area contributed by atoms with E-state index in [-0.39, 0.29) is 11.2 Å². The Morgan fingerprint density at radius 3 is 2.20 bits per heavy atom. The normalized spacial score (nSPS) is 21.7. The Morgan fingerprint density at radius 1 is 1.08 bits per heavy atom. The van der Waals surface area contributed by atoms with E-state index >= 15 is 0 Å². The van der Waals surface area contributed by atoms with Crippen LogP contribution in [-0.2, 0) is 9.68 Å². The molecule has 0 fully saturated rings. The van der Waals surface area contributed by atoms with E-state index < -0.39 is 11.0 Å². The summed E-state index contributed by atoms with van der Waals surface area (Å²) in [5.41, 5.74) is -0.107. The van der Waals surface area contributed by atoms with Gasteiger partial charge in [-0.2, -0.15) is 0 Å². The molecule has 1 atom stereocenters. The van der Waals surface area contributed by atoms with Crippen LogP contribution in [0.5, 0.6) is 5.75 Å². The Balaban J connectivity index is 2.75. The number of methoxy groups -OCH3 is 1. The maximum Gasteiger partial charge on any atom is 0.199 e. The Hall–Kier alpha value is -1.91. The zero-order valence-corrected chi connectivity index (χ0v) is 16.1. The first kappa shape index (κ1) is 19.4. The fraction of sp³-hybridized carbons (Fsp3) is 0.476. The van der Waals surface area contributed by atoms with Crippen LogP contribution in [0.4, 0.5) is 0 Å². The van der Waals surface area contributed by atoms with Gasteiger partial charge in [-0.15, -0.1) is 0 Å². The van der Waals surface area contributed by atoms with E-state index in [2.05, 4.69) is 0 Å². The van der Waals surface area contributed by atoms with Gasteiger partial charge in [0.15, 0.2) is 11.4 Å². The van der Waals surface area contributed by atoms with Crippen LogP contribution >= 0.6 is 0 Å². The molecule has 0 aromatic heterocycles. The quantitative estimate of drug-likeness (QED) is 0.625. The van der Waals surface area contributed by atoms with E-state index in [0.29, 0.717) is 5.57 Å². The molecule has 0 amide bonds. The summed E-state index contributed by atoms with van der Waals surface area (Å²) in [6.45, 7) is 11.6. The molecule has 0 saturated heterocycles. The van der Waals surface area contributed by atoms with E-state index in [0.717, 1.165) is 16.9 Å². The summed E-state index contributed by atoms with van der Waals surface area (Å²) in [6, 6.07) is 7.62. The van der Waals surface area contributed by atoms with Gasteiger partial charge in [-0.1, -0.05) is 53.7 Å². The first-order chi connectivity index (χ1) is 11.5. The molecule has 4 heteroatoms. The third-order valence-electron chi connectivity index (χ3n) is 4.71. The van der Waals surface area contributed by atoms with E-state index in [9.17, 15) is 10.1 Å². The van der Waals surface area contributed by atoms with Crippen LogP contribution in [0.1, 0.15) is 47.1 Å². The van der Waals surface area contributed by atoms with Gasteiger partial charge in [0, 0.05) is 11.0 Å². The maximum atomic E-state index is 13.2. The number of hydrogen-bond acceptors (Lipinski definition) is 4. The molecule has 2 rings (SSSR count). The molecule has 25 heavy (non-hydrogen) atoms. The monoisotopic (exact) mass is 344 g/mol. The third-order valence-corrected chi connectivity index (χ3v) is 4.71. The van der Waals surface area contributed by atoms with Crippen molar-refractivity contribution in [1.29, 1.82) is 0 Å². The second-order valence-corrected chi connectivity index (χ2v) is 8.55. The molecule has 1 aliphatic rings. The predicted octanol–water partition coefficient (Wildman–Crippen LogP) is 4.91. The molecule has 1 aromatic rings. The Bertz CT molecular complexity index is 729. The molecule has 0 saturated carbocycles. The number of allylic oxidation sites excluding steroid dienone is 2. The number of ether oxygens (including phenoxy) is 1. The number of hydrogen-bond donors (Lipinski definition) is 1. The summed E-state index contributed by atoms with van der Waals surface area (Å²) in [7, 11) is 1.62. The summed E-state index contributed by atoms with van der Waals surface area (Å²) in [5, 5.41) is 9.78. The molecule has 0 aliphatic heterocycles. The SMILES string of the molecule is COc1cccc(C2=CC(OO)(C(C)(C)C)C(=O)C(C(C)(C)C)=C2)c1. The fourth-order valence-electron chi connectivity index (χ4n) is 3.04. The topological polar surface area (TPSA) is 55.8 Å². The van der Waals surface area contributed by atoms with Crippen molar-refractivity contribution in [3.8, 4) is 5.75 Å². The van der Waals surface area contributed by atoms with Gasteiger partial charge in [0.05, 0.1) is 7.11 Å². The highest BCUT2D eigenvalue weighted by Crippen LogP contribution is 2.46. The lowest BCUT2D eigenvalue weighted by molar-refractivity contribution is -0.318. The molecule has 1 unspecified atom stereocenters. The number of Topliss-reactive ketones (excluding diaryl/α,β-unsaturated/α-hetero) is 1. The van der Waals surface area contributed by atoms with Gasteiger partial charge < -0.3 is 4.74 Å². The van der Waals surface area contributed by atoms with Crippen molar-refractivity contribution < 1.29 is 19.7 Å². The molecule has 1 aromatic carbocycles. The van der Waals surface area contributed by atoms with Crippen LogP contribution in [-0.4, -0.2) is 23.8 Å². The zero-order chi connectivity index (χ0) is 19.0. The summed E-state index contributed by atoms with van der Waals surface area (Å²) in [5.74, 6) is 0.522. The fourth-order valence-corrected chi connectivity index (χ4v) is 3.04. The average Bonchev–Trinajstić information content (AvgIpc) is 2.53. The minimum Gasteiger partial charge on any atom is -0.497 e. The number of benzene rings is 1. The molecular weight excluding hydrogens is 316 g/mol. The van der Waals surface area contributed by atoms with Crippen molar-refractivity contribution in [1.82, 2.24) is 0 Å². The lowest BCUT2D eigenvalue weighted by Gasteiger charge is -2.43. The van der Waals surface area contributed by atoms with Crippen molar-refractivity contribution >= 4 is 11.4 Å². The number of rotatable bonds is 3. The smallest absolute Gasteiger partial charge is 0.199 e. The lowest BCUT2D eigenvalue weighted by atomic mass is 9.64. The van der Waals surface area contributed by atoms with Gasteiger partial charge in [0.25, 0.3) is 0 Å². The second kappa shape index (κ2) is 6.43. The first-order valence-electron chi connectivity index (χ1n) is 8.43. The summed E-state index contributed by atoms with van der Waals surface area (Å²) in [6.07, 6.45) is 3.61. The summed E-state index contributed by atoms with van der Waals surface area (Å²) in [4.78, 5) is 18.1. The summed E-state index contributed by atoms with van der Waals surface area (Å²) < 4.78 is 5.31. The summed E-state index contributed by atoms with van der Waals surface area (Å²) >= 11 is 0. The van der Waals surface area contributed by atoms with Crippen LogP contribution in [0.3, 0.4) is 0 Å². The molecule has 0 radical (unpaired) electrons. The van der Waals surface area contributed by atoms with Crippen molar-refractivity contribution in [2.24, 2.45) is 10.8 Å². The van der Waals surface area contributed by atoms with E-state index in [4.69, 9.17) is 9.62 Å². The average molecular weight is 344 g/mol. The van der Waals surface area contributed by atoms with Gasteiger partial charge in [0.1, 0.15) is 5.75 Å². The van der Waals surface area contributed by atoms with E-state index in [1.165, 1.54) is 0 Å². The van der Waals surface area contributed by atoms with Gasteiger partial charge in [-0.25, -0.2) is 4.89 Å². The molecule has 1 aliphatic carbocycles. The highest BCUT2D eigenvalue weighted by atomic mass is 17.1. The standard InChI is InChI=1S/C21H28O4/c1-19(2,3)17-12-15(14-9-8-10-16(11-14)24-7)13-21(25-23,18(17)22)20(4,5)6/h8-13,23H,1-7H3. The largest absolute Gasteiger partial charge is 0.497 e. The Kier molecular flexibility index (Phi) is 4.99. The zero-order valence-electron chi connectivity index (χ0n) is 16.1. The van der Waals surface area contributed by atoms with Gasteiger partial charge in [-0.05, 0) is 40.8 Å². The molecule has 0 bridgehead atoms. The van der Waals surface area contributed by atoms with Crippen LogP contribution in [0.2, 0.25) is 0 Å². The molecular formula is C21H28O4. The number of ketones is 1. The third kappa shape index (κ3) is 3.42. The van der Waals surface area contributed by atoms with Crippen LogP contribution < -0.4 is 4.74 Å². The first-order valence-corrected chi connectivity index (χ1v) is 8.43. The van der Waals surface area contributed by atoms with Crippen molar-refractivity contribution in [3.63, 3.8) is 0 Å². The molecule has 1 N–H and O–H groups in total. The highest BCUT2D eigenvalue weighted by molar-refractivity contribution is 6.10. The van der Waals surface area contributed by atoms with Crippen LogP contribution in [0.25, 0.3) is 5.57 Å². The molecule has 0 spiro atoms. The van der Waals surface area contributed by atoms with Crippen LogP contribution in [0, 0.1) is 10.8 Å². The van der Waals surface area contributed by atoms with Crippen LogP contribution in [0.15, 0.2) is 42.0 Å². The van der Waals surface area contributed by atoms with Crippen molar-refractivity contribution in [3.05, 3.63) is 47.6 Å². The van der Waals surface area contributed by atoms with Crippen molar-refractivity contribution in [2.45, 2.75) is 47.1 Å². The van der Waals surface area contributed by atoms with E-state index in [1.54, 1.807) is 13.2 Å². The van der Waals surface area contributed by atoms with Crippen molar-refractivity contribution in [2.75, 3.05) is 7.11 Å².